The molecule has 0 aromatic heterocycles. The maximum absolute atomic E-state index is 14.3. The van der Waals surface area contributed by atoms with Crippen LogP contribution in [0, 0.1) is 0 Å². The second kappa shape index (κ2) is 25.8. The Bertz CT molecular complexity index is 3220. The van der Waals surface area contributed by atoms with E-state index in [1.807, 2.05) is 0 Å². The van der Waals surface area contributed by atoms with Crippen LogP contribution >= 0.6 is 0 Å². The minimum Gasteiger partial charge on any atom is -0.458 e. The van der Waals surface area contributed by atoms with Gasteiger partial charge in [-0.15, -0.1) is 0 Å². The molecule has 0 aliphatic carbocycles. The van der Waals surface area contributed by atoms with Gasteiger partial charge in [0.15, 0.2) is 36.8 Å². The van der Waals surface area contributed by atoms with Crippen molar-refractivity contribution in [1.29, 1.82) is 0 Å². The van der Waals surface area contributed by atoms with E-state index in [0.29, 0.717) is 0 Å². The van der Waals surface area contributed by atoms with E-state index in [9.17, 15) is 38.4 Å². The van der Waals surface area contributed by atoms with Crippen molar-refractivity contribution in [3.05, 3.63) is 251 Å². The predicted molar refractivity (Wildman–Crippen MR) is 275 cm³/mol. The zero-order chi connectivity index (χ0) is 55.1. The molecular formula is C61H48O18. The number of rotatable bonds is 20. The number of carbonyl (C=O) groups is 8. The first kappa shape index (κ1) is 54.0. The first-order valence-electron chi connectivity index (χ1n) is 24.8. The molecule has 2 fully saturated rings. The summed E-state index contributed by atoms with van der Waals surface area (Å²) in [4.78, 5) is 112. The van der Waals surface area contributed by atoms with Crippen LogP contribution in [0.5, 0.6) is 0 Å². The molecule has 9 atom stereocenters. The number of hydrogen-bond acceptors (Lipinski definition) is 18. The molecule has 0 unspecified atom stereocenters. The van der Waals surface area contributed by atoms with Gasteiger partial charge in [0.2, 0.25) is 6.10 Å². The number of carbonyl (C=O) groups excluding carboxylic acids is 8. The van der Waals surface area contributed by atoms with Crippen molar-refractivity contribution in [3.8, 4) is 0 Å². The summed E-state index contributed by atoms with van der Waals surface area (Å²) in [5.41, 5.74) is 0.338. The summed E-state index contributed by atoms with van der Waals surface area (Å²) in [6.45, 7) is -1.55. The van der Waals surface area contributed by atoms with Gasteiger partial charge in [0.1, 0.15) is 25.4 Å². The van der Waals surface area contributed by atoms with E-state index in [1.165, 1.54) is 84.9 Å². The van der Waals surface area contributed by atoms with Crippen molar-refractivity contribution in [2.75, 3.05) is 13.2 Å². The number of ether oxygens (including phenoxy) is 10. The van der Waals surface area contributed by atoms with Crippen LogP contribution < -0.4 is 0 Å². The van der Waals surface area contributed by atoms with Crippen LogP contribution in [-0.2, 0) is 52.2 Å². The second-order valence-electron chi connectivity index (χ2n) is 17.7. The Kier molecular flexibility index (Phi) is 17.7. The third-order valence-electron chi connectivity index (χ3n) is 12.4. The zero-order valence-corrected chi connectivity index (χ0v) is 41.7. The average molecular weight is 1070 g/mol. The van der Waals surface area contributed by atoms with Gasteiger partial charge in [-0.2, -0.15) is 0 Å². The fourth-order valence-electron chi connectivity index (χ4n) is 8.47. The first-order valence-corrected chi connectivity index (χ1v) is 24.8. The lowest BCUT2D eigenvalue weighted by Crippen LogP contribution is -2.50. The van der Waals surface area contributed by atoms with E-state index in [-0.39, 0.29) is 38.9 Å². The summed E-state index contributed by atoms with van der Waals surface area (Å²) in [6.07, 6.45) is -16.8. The van der Waals surface area contributed by atoms with Crippen molar-refractivity contribution >= 4 is 47.8 Å². The topological polar surface area (TPSA) is 229 Å². The first-order chi connectivity index (χ1) is 38.5. The zero-order valence-electron chi connectivity index (χ0n) is 41.7. The molecule has 2 aliphatic rings. The molecule has 0 bridgehead atoms. The third-order valence-corrected chi connectivity index (χ3v) is 12.4. The predicted octanol–water partition coefficient (Wildman–Crippen LogP) is 7.86. The van der Waals surface area contributed by atoms with E-state index in [4.69, 9.17) is 47.4 Å². The molecule has 2 heterocycles. The summed E-state index contributed by atoms with van der Waals surface area (Å²) in [5.74, 6) is -7.89. The Morgan fingerprint density at radius 2 is 0.658 bits per heavy atom. The number of esters is 8. The van der Waals surface area contributed by atoms with Crippen LogP contribution in [0.4, 0.5) is 0 Å². The van der Waals surface area contributed by atoms with Gasteiger partial charge in [-0.3, -0.25) is 0 Å². The highest BCUT2D eigenvalue weighted by Crippen LogP contribution is 2.37. The number of cyclic esters (lactones) is 1. The van der Waals surface area contributed by atoms with Gasteiger partial charge in [-0.25, -0.2) is 38.4 Å². The Morgan fingerprint density at radius 3 is 1.03 bits per heavy atom. The summed E-state index contributed by atoms with van der Waals surface area (Å²) < 4.78 is 61.0. The maximum Gasteiger partial charge on any atom is 0.350 e. The van der Waals surface area contributed by atoms with Crippen LogP contribution in [0.1, 0.15) is 72.5 Å². The lowest BCUT2D eigenvalue weighted by atomic mass is 10.0. The smallest absolute Gasteiger partial charge is 0.350 e. The molecule has 9 rings (SSSR count). The SMILES string of the molecule is O=C(OC[C@@H](OC(=O)c1ccccc1)[C@@H]1O[C@@H](O[C@H]2[C@@H]([C@@H](COC(=O)c3ccccc3)OC(=O)c3ccccc3)OC(=O)[C@H]2OC(=O)c2ccccc2)[C@H](OC(=O)c2ccccc2)[C@H]1OC(=O)c1ccccc1)c1ccccc1. The van der Waals surface area contributed by atoms with Gasteiger partial charge in [-0.05, 0) is 84.9 Å². The average Bonchev–Trinajstić information content (AvgIpc) is 4.05. The molecule has 0 N–H and O–H groups in total. The summed E-state index contributed by atoms with van der Waals surface area (Å²) in [7, 11) is 0. The van der Waals surface area contributed by atoms with Crippen LogP contribution in [0.25, 0.3) is 0 Å². The molecule has 18 nitrogen and oxygen atoms in total. The molecule has 0 saturated carbocycles. The van der Waals surface area contributed by atoms with Crippen molar-refractivity contribution in [2.24, 2.45) is 0 Å². The van der Waals surface area contributed by atoms with E-state index in [1.54, 1.807) is 127 Å². The summed E-state index contributed by atoms with van der Waals surface area (Å²) in [5, 5.41) is 0. The maximum atomic E-state index is 14.3. The van der Waals surface area contributed by atoms with E-state index in [0.717, 1.165) is 0 Å². The molecule has 79 heavy (non-hydrogen) atoms. The van der Waals surface area contributed by atoms with E-state index >= 15 is 0 Å². The summed E-state index contributed by atoms with van der Waals surface area (Å²) in [6, 6.07) is 54.0. The number of hydrogen-bond donors (Lipinski definition) is 0. The van der Waals surface area contributed by atoms with Crippen LogP contribution in [0.3, 0.4) is 0 Å². The van der Waals surface area contributed by atoms with Crippen LogP contribution in [0.15, 0.2) is 212 Å². The van der Waals surface area contributed by atoms with Gasteiger partial charge < -0.3 is 47.4 Å². The Hall–Kier alpha value is -9.78. The largest absolute Gasteiger partial charge is 0.458 e. The Labute approximate surface area is 451 Å². The quantitative estimate of drug-likeness (QED) is 0.0522. The fourth-order valence-corrected chi connectivity index (χ4v) is 8.47. The highest BCUT2D eigenvalue weighted by molar-refractivity contribution is 5.94. The fraction of sp³-hybridized carbons (Fsp3) is 0.180. The second-order valence-corrected chi connectivity index (χ2v) is 17.7. The van der Waals surface area contributed by atoms with Gasteiger partial charge in [0.05, 0.1) is 38.9 Å². The Morgan fingerprint density at radius 1 is 0.354 bits per heavy atom. The number of benzene rings is 7. The molecule has 2 aliphatic heterocycles. The van der Waals surface area contributed by atoms with E-state index in [2.05, 4.69) is 0 Å². The molecule has 0 amide bonds. The van der Waals surface area contributed by atoms with Crippen molar-refractivity contribution in [2.45, 2.75) is 55.1 Å². The monoisotopic (exact) mass is 1070 g/mol. The van der Waals surface area contributed by atoms with Gasteiger partial charge in [0.25, 0.3) is 0 Å². The third kappa shape index (κ3) is 13.6. The molecule has 18 heteroatoms. The molecule has 0 spiro atoms. The normalized spacial score (nSPS) is 20.0. The molecule has 7 aromatic rings. The van der Waals surface area contributed by atoms with Crippen LogP contribution in [0.2, 0.25) is 0 Å². The molecule has 400 valence electrons. The van der Waals surface area contributed by atoms with Gasteiger partial charge in [-0.1, -0.05) is 127 Å². The molecule has 7 aromatic carbocycles. The van der Waals surface area contributed by atoms with Crippen molar-refractivity contribution in [1.82, 2.24) is 0 Å². The summed E-state index contributed by atoms with van der Waals surface area (Å²) >= 11 is 0. The van der Waals surface area contributed by atoms with Gasteiger partial charge >= 0.3 is 47.8 Å². The molecular weight excluding hydrogens is 1020 g/mol. The standard InChI is InChI=1S/C61H48O18/c62-53(38-22-8-1-9-23-38)70-36-45(72-55(64)40-26-12-3-13-27-40)47-49(51(60(69)74-47)76-58(67)43-32-18-6-19-33-43)79-61-52(77-59(68)44-34-20-7-21-35-44)50(75-57(66)42-30-16-5-17-31-42)48(78-61)46(73-56(65)41-28-14-4-15-29-41)37-71-54(63)39-24-10-2-11-25-39/h1-35,45-52,61H,36-37H2/t45-,46-,47-,48+,49+,50+,51+,52-,61+/m1/s1. The van der Waals surface area contributed by atoms with Crippen molar-refractivity contribution in [3.63, 3.8) is 0 Å². The highest BCUT2D eigenvalue weighted by atomic mass is 16.8. The molecule has 0 radical (unpaired) electrons. The minimum atomic E-state index is -2.04. The highest BCUT2D eigenvalue weighted by Gasteiger charge is 2.60. The van der Waals surface area contributed by atoms with Crippen molar-refractivity contribution < 1.29 is 85.7 Å². The van der Waals surface area contributed by atoms with Gasteiger partial charge in [0, 0.05) is 0 Å². The molecule has 2 saturated heterocycles. The van der Waals surface area contributed by atoms with E-state index < -0.39 is 116 Å². The lowest BCUT2D eigenvalue weighted by molar-refractivity contribution is -0.226. The van der Waals surface area contributed by atoms with Crippen LogP contribution in [-0.4, -0.2) is 116 Å². The lowest BCUT2D eigenvalue weighted by Gasteiger charge is -2.31. The Balaban J connectivity index is 1.15. The minimum absolute atomic E-state index is 0.00160.